The number of hydrogen-bond donors (Lipinski definition) is 1. The van der Waals surface area contributed by atoms with E-state index in [1.54, 1.807) is 0 Å². The van der Waals surface area contributed by atoms with Crippen LogP contribution in [0, 0.1) is 10.1 Å². The predicted molar refractivity (Wildman–Crippen MR) is 70.5 cm³/mol. The summed E-state index contributed by atoms with van der Waals surface area (Å²) in [4.78, 5) is 31.1. The summed E-state index contributed by atoms with van der Waals surface area (Å²) in [7, 11) is 0. The van der Waals surface area contributed by atoms with Crippen LogP contribution in [0.2, 0.25) is 5.02 Å². The Morgan fingerprint density at radius 1 is 1.45 bits per heavy atom. The summed E-state index contributed by atoms with van der Waals surface area (Å²) in [6.45, 7) is 0.211. The van der Waals surface area contributed by atoms with E-state index in [9.17, 15) is 19.7 Å². The van der Waals surface area contributed by atoms with Crippen molar-refractivity contribution in [3.8, 4) is 5.75 Å². The first-order valence-electron chi connectivity index (χ1n) is 5.73. The van der Waals surface area contributed by atoms with Crippen LogP contribution in [-0.2, 0) is 4.79 Å². The molecule has 0 heterocycles. The van der Waals surface area contributed by atoms with Gasteiger partial charge in [-0.05, 0) is 18.9 Å². The molecular formula is C12H12ClNO6. The number of carbonyl (C=O) groups excluding carboxylic acids is 1. The monoisotopic (exact) mass is 301 g/mol. The van der Waals surface area contributed by atoms with E-state index in [2.05, 4.69) is 0 Å². The third kappa shape index (κ3) is 4.51. The highest BCUT2D eigenvalue weighted by atomic mass is 35.5. The molecule has 108 valence electrons. The van der Waals surface area contributed by atoms with Crippen molar-refractivity contribution in [1.82, 2.24) is 0 Å². The number of unbranched alkanes of at least 4 members (excludes halogenated alkanes) is 1. The standard InChI is InChI=1S/C12H12ClNO6/c13-9-6-10(14(18)19)8(7-15)5-11(9)20-4-2-1-3-12(16)17/h5-7H,1-4H2,(H,16,17). The molecule has 0 fully saturated rings. The fourth-order valence-corrected chi connectivity index (χ4v) is 1.69. The zero-order valence-electron chi connectivity index (χ0n) is 10.4. The fraction of sp³-hybridized carbons (Fsp3) is 0.333. The average Bonchev–Trinajstić information content (AvgIpc) is 2.39. The van der Waals surface area contributed by atoms with Crippen LogP contribution in [0.25, 0.3) is 0 Å². The summed E-state index contributed by atoms with van der Waals surface area (Å²) in [6.07, 6.45) is 1.33. The maximum Gasteiger partial charge on any atom is 0.303 e. The second-order valence-corrected chi connectivity index (χ2v) is 4.32. The van der Waals surface area contributed by atoms with Crippen LogP contribution in [-0.4, -0.2) is 28.9 Å². The fourth-order valence-electron chi connectivity index (χ4n) is 1.48. The van der Waals surface area contributed by atoms with Crippen molar-refractivity contribution >= 4 is 29.5 Å². The number of nitrogens with zero attached hydrogens (tertiary/aromatic N) is 1. The highest BCUT2D eigenvalue weighted by molar-refractivity contribution is 6.32. The molecule has 0 unspecified atom stereocenters. The molecular weight excluding hydrogens is 290 g/mol. The van der Waals surface area contributed by atoms with Gasteiger partial charge in [0.2, 0.25) is 0 Å². The van der Waals surface area contributed by atoms with E-state index in [1.807, 2.05) is 0 Å². The van der Waals surface area contributed by atoms with Gasteiger partial charge in [-0.15, -0.1) is 0 Å². The van der Waals surface area contributed by atoms with Gasteiger partial charge in [0.1, 0.15) is 5.75 Å². The maximum atomic E-state index is 10.8. The zero-order valence-corrected chi connectivity index (χ0v) is 11.1. The van der Waals surface area contributed by atoms with Gasteiger partial charge < -0.3 is 9.84 Å². The van der Waals surface area contributed by atoms with Gasteiger partial charge in [-0.2, -0.15) is 0 Å². The molecule has 0 aromatic heterocycles. The molecule has 20 heavy (non-hydrogen) atoms. The number of aldehydes is 1. The van der Waals surface area contributed by atoms with E-state index in [4.69, 9.17) is 21.4 Å². The van der Waals surface area contributed by atoms with Crippen molar-refractivity contribution < 1.29 is 24.4 Å². The number of aliphatic carboxylic acids is 1. The van der Waals surface area contributed by atoms with Gasteiger partial charge in [-0.1, -0.05) is 11.6 Å². The number of carboxylic acid groups (broad SMARTS) is 1. The molecule has 0 bridgehead atoms. The molecule has 0 aliphatic carbocycles. The van der Waals surface area contributed by atoms with Crippen LogP contribution in [0.4, 0.5) is 5.69 Å². The molecule has 8 heteroatoms. The predicted octanol–water partition coefficient (Wildman–Crippen LogP) is 2.69. The van der Waals surface area contributed by atoms with Crippen molar-refractivity contribution in [2.24, 2.45) is 0 Å². The van der Waals surface area contributed by atoms with Crippen LogP contribution in [0.5, 0.6) is 5.75 Å². The van der Waals surface area contributed by atoms with Gasteiger partial charge in [-0.3, -0.25) is 19.7 Å². The van der Waals surface area contributed by atoms with Crippen molar-refractivity contribution in [1.29, 1.82) is 0 Å². The number of ether oxygens (including phenoxy) is 1. The molecule has 1 rings (SSSR count). The van der Waals surface area contributed by atoms with Crippen LogP contribution in [0.1, 0.15) is 29.6 Å². The van der Waals surface area contributed by atoms with Gasteiger partial charge in [0.15, 0.2) is 6.29 Å². The molecule has 0 radical (unpaired) electrons. The van der Waals surface area contributed by atoms with Crippen LogP contribution >= 0.6 is 11.6 Å². The number of nitro benzene ring substituents is 1. The Labute approximate surface area is 119 Å². The first-order valence-corrected chi connectivity index (χ1v) is 6.11. The second-order valence-electron chi connectivity index (χ2n) is 3.92. The number of carboxylic acids is 1. The van der Waals surface area contributed by atoms with Crippen LogP contribution in [0.15, 0.2) is 12.1 Å². The minimum atomic E-state index is -0.887. The van der Waals surface area contributed by atoms with E-state index < -0.39 is 10.9 Å². The maximum absolute atomic E-state index is 10.8. The second kappa shape index (κ2) is 7.44. The summed E-state index contributed by atoms with van der Waals surface area (Å²) < 4.78 is 5.29. The Balaban J connectivity index is 2.69. The van der Waals surface area contributed by atoms with Gasteiger partial charge in [0, 0.05) is 12.5 Å². The normalized spacial score (nSPS) is 10.1. The largest absolute Gasteiger partial charge is 0.492 e. The quantitative estimate of drug-likeness (QED) is 0.342. The third-order valence-corrected chi connectivity index (χ3v) is 2.74. The molecule has 1 aromatic carbocycles. The highest BCUT2D eigenvalue weighted by Gasteiger charge is 2.17. The molecule has 0 saturated carbocycles. The van der Waals surface area contributed by atoms with Crippen molar-refractivity contribution in [3.05, 3.63) is 32.8 Å². The average molecular weight is 302 g/mol. The van der Waals surface area contributed by atoms with Crippen molar-refractivity contribution in [2.75, 3.05) is 6.61 Å². The minimum absolute atomic E-state index is 0.0283. The Bertz CT molecular complexity index is 531. The van der Waals surface area contributed by atoms with Gasteiger partial charge in [-0.25, -0.2) is 0 Å². The SMILES string of the molecule is O=Cc1cc(OCCCCC(=O)O)c(Cl)cc1[N+](=O)[O-]. The molecule has 0 aliphatic rings. The number of carbonyl (C=O) groups is 2. The lowest BCUT2D eigenvalue weighted by atomic mass is 10.2. The topological polar surface area (TPSA) is 107 Å². The molecule has 0 atom stereocenters. The van der Waals surface area contributed by atoms with Gasteiger partial charge >= 0.3 is 5.97 Å². The minimum Gasteiger partial charge on any atom is -0.492 e. The molecule has 0 saturated heterocycles. The number of rotatable bonds is 8. The Morgan fingerprint density at radius 2 is 2.15 bits per heavy atom. The number of halogens is 1. The van der Waals surface area contributed by atoms with Gasteiger partial charge in [0.25, 0.3) is 5.69 Å². The van der Waals surface area contributed by atoms with E-state index in [-0.39, 0.29) is 35.1 Å². The molecule has 0 spiro atoms. The number of hydrogen-bond acceptors (Lipinski definition) is 5. The lowest BCUT2D eigenvalue weighted by Crippen LogP contribution is -2.02. The summed E-state index contributed by atoms with van der Waals surface area (Å²) in [5.41, 5.74) is -0.511. The van der Waals surface area contributed by atoms with E-state index in [0.29, 0.717) is 19.1 Å². The first kappa shape index (κ1) is 15.9. The lowest BCUT2D eigenvalue weighted by Gasteiger charge is -2.08. The van der Waals surface area contributed by atoms with Gasteiger partial charge in [0.05, 0.1) is 22.1 Å². The van der Waals surface area contributed by atoms with E-state index in [0.717, 1.165) is 6.07 Å². The number of nitro groups is 1. The van der Waals surface area contributed by atoms with Crippen LogP contribution in [0.3, 0.4) is 0 Å². The number of benzene rings is 1. The summed E-state index contributed by atoms with van der Waals surface area (Å²) >= 11 is 5.83. The molecule has 1 aromatic rings. The third-order valence-electron chi connectivity index (χ3n) is 2.45. The molecule has 0 aliphatic heterocycles. The van der Waals surface area contributed by atoms with E-state index in [1.165, 1.54) is 6.07 Å². The molecule has 1 N–H and O–H groups in total. The Kier molecular flexibility index (Phi) is 5.92. The lowest BCUT2D eigenvalue weighted by molar-refractivity contribution is -0.385. The summed E-state index contributed by atoms with van der Waals surface area (Å²) in [5, 5.41) is 19.2. The van der Waals surface area contributed by atoms with Crippen molar-refractivity contribution in [3.63, 3.8) is 0 Å². The molecule has 0 amide bonds. The summed E-state index contributed by atoms with van der Waals surface area (Å²) in [6, 6.07) is 2.25. The Morgan fingerprint density at radius 3 is 2.70 bits per heavy atom. The van der Waals surface area contributed by atoms with Crippen molar-refractivity contribution in [2.45, 2.75) is 19.3 Å². The molecule has 7 nitrogen and oxygen atoms in total. The van der Waals surface area contributed by atoms with Crippen LogP contribution < -0.4 is 4.74 Å². The smallest absolute Gasteiger partial charge is 0.303 e. The first-order chi connectivity index (χ1) is 9.45. The Hall–Kier alpha value is -2.15. The zero-order chi connectivity index (χ0) is 15.1. The highest BCUT2D eigenvalue weighted by Crippen LogP contribution is 2.31. The van der Waals surface area contributed by atoms with E-state index >= 15 is 0 Å². The summed E-state index contributed by atoms with van der Waals surface area (Å²) in [5.74, 6) is -0.726.